The second kappa shape index (κ2) is 5.65. The molecule has 0 atom stereocenters. The normalized spacial score (nSPS) is 16.4. The maximum Gasteiger partial charge on any atom is 0.155 e. The van der Waals surface area contributed by atoms with Crippen molar-refractivity contribution in [2.45, 2.75) is 26.7 Å². The Balaban J connectivity index is 1.88. The van der Waals surface area contributed by atoms with E-state index in [1.54, 1.807) is 0 Å². The van der Waals surface area contributed by atoms with Gasteiger partial charge in [-0.2, -0.15) is 0 Å². The van der Waals surface area contributed by atoms with Crippen molar-refractivity contribution in [3.8, 4) is 0 Å². The van der Waals surface area contributed by atoms with E-state index in [9.17, 15) is 0 Å². The Bertz CT molecular complexity index is 388. The van der Waals surface area contributed by atoms with Crippen molar-refractivity contribution >= 4 is 17.4 Å². The van der Waals surface area contributed by atoms with E-state index in [-0.39, 0.29) is 0 Å². The van der Waals surface area contributed by atoms with Crippen molar-refractivity contribution in [1.29, 1.82) is 0 Å². The lowest BCUT2D eigenvalue weighted by atomic mass is 10.2. The summed E-state index contributed by atoms with van der Waals surface area (Å²) in [6.45, 7) is 8.43. The number of nitrogens with one attached hydrogen (secondary N) is 1. The van der Waals surface area contributed by atoms with Gasteiger partial charge in [0, 0.05) is 13.1 Å². The molecule has 17 heavy (non-hydrogen) atoms. The van der Waals surface area contributed by atoms with E-state index >= 15 is 0 Å². The Morgan fingerprint density at radius 1 is 1.18 bits per heavy atom. The first kappa shape index (κ1) is 12.6. The minimum Gasteiger partial charge on any atom is -0.367 e. The first-order valence-corrected chi connectivity index (χ1v) is 6.52. The van der Waals surface area contributed by atoms with Crippen LogP contribution in [0, 0.1) is 13.8 Å². The molecule has 1 aromatic rings. The number of nitrogens with zero attached hydrogens (tertiary/aromatic N) is 3. The van der Waals surface area contributed by atoms with Crippen LogP contribution in [-0.4, -0.2) is 41.3 Å². The molecular formula is C12H19ClN4. The highest BCUT2D eigenvalue weighted by molar-refractivity contribution is 6.30. The Morgan fingerprint density at radius 3 is 2.59 bits per heavy atom. The molecule has 0 spiro atoms. The third kappa shape index (κ3) is 3.07. The molecule has 0 bridgehead atoms. The van der Waals surface area contributed by atoms with Crippen molar-refractivity contribution in [2.75, 3.05) is 31.5 Å². The fraction of sp³-hybridized carbons (Fsp3) is 0.667. The number of hydrogen-bond acceptors (Lipinski definition) is 4. The fourth-order valence-corrected chi connectivity index (χ4v) is 2.26. The summed E-state index contributed by atoms with van der Waals surface area (Å²) in [5, 5.41) is 11.8. The minimum atomic E-state index is 0.493. The van der Waals surface area contributed by atoms with E-state index in [0.29, 0.717) is 5.15 Å². The van der Waals surface area contributed by atoms with Crippen LogP contribution in [0.2, 0.25) is 5.15 Å². The first-order chi connectivity index (χ1) is 8.18. The molecule has 0 unspecified atom stereocenters. The molecule has 0 aromatic carbocycles. The summed E-state index contributed by atoms with van der Waals surface area (Å²) in [6.07, 6.45) is 2.66. The third-order valence-corrected chi connectivity index (χ3v) is 3.74. The number of hydrogen-bond donors (Lipinski definition) is 1. The molecule has 2 heterocycles. The summed E-state index contributed by atoms with van der Waals surface area (Å²) in [5.41, 5.74) is 2.09. The van der Waals surface area contributed by atoms with Crippen molar-refractivity contribution < 1.29 is 0 Å². The van der Waals surface area contributed by atoms with Crippen LogP contribution in [0.3, 0.4) is 0 Å². The summed E-state index contributed by atoms with van der Waals surface area (Å²) in [4.78, 5) is 2.47. The van der Waals surface area contributed by atoms with Gasteiger partial charge in [0.15, 0.2) is 11.0 Å². The second-order valence-corrected chi connectivity index (χ2v) is 4.92. The molecule has 2 rings (SSSR count). The van der Waals surface area contributed by atoms with Crippen molar-refractivity contribution in [3.05, 3.63) is 16.3 Å². The standard InChI is InChI=1S/C12H19ClN4/c1-9-10(2)12(16-15-11(9)13)14-5-8-17-6-3-4-7-17/h3-8H2,1-2H3,(H,14,16). The lowest BCUT2D eigenvalue weighted by Gasteiger charge is -2.16. The van der Waals surface area contributed by atoms with Crippen molar-refractivity contribution in [2.24, 2.45) is 0 Å². The highest BCUT2D eigenvalue weighted by atomic mass is 35.5. The van der Waals surface area contributed by atoms with Gasteiger partial charge in [-0.1, -0.05) is 11.6 Å². The molecule has 1 N–H and O–H groups in total. The van der Waals surface area contributed by atoms with Gasteiger partial charge in [-0.3, -0.25) is 0 Å². The Morgan fingerprint density at radius 2 is 1.88 bits per heavy atom. The van der Waals surface area contributed by atoms with Gasteiger partial charge in [0.2, 0.25) is 0 Å². The highest BCUT2D eigenvalue weighted by Gasteiger charge is 2.11. The van der Waals surface area contributed by atoms with Crippen LogP contribution in [0.5, 0.6) is 0 Å². The summed E-state index contributed by atoms with van der Waals surface area (Å²) < 4.78 is 0. The number of aromatic nitrogens is 2. The Labute approximate surface area is 107 Å². The molecule has 0 radical (unpaired) electrons. The largest absolute Gasteiger partial charge is 0.367 e. The molecule has 4 nitrogen and oxygen atoms in total. The summed E-state index contributed by atoms with van der Waals surface area (Å²) >= 11 is 5.91. The summed E-state index contributed by atoms with van der Waals surface area (Å²) in [7, 11) is 0. The van der Waals surface area contributed by atoms with E-state index in [4.69, 9.17) is 11.6 Å². The van der Waals surface area contributed by atoms with Crippen LogP contribution in [0.25, 0.3) is 0 Å². The van der Waals surface area contributed by atoms with Gasteiger partial charge >= 0.3 is 0 Å². The fourth-order valence-electron chi connectivity index (χ4n) is 2.08. The average molecular weight is 255 g/mol. The zero-order valence-corrected chi connectivity index (χ0v) is 11.2. The summed E-state index contributed by atoms with van der Waals surface area (Å²) in [6, 6.07) is 0. The number of rotatable bonds is 4. The monoisotopic (exact) mass is 254 g/mol. The van der Waals surface area contributed by atoms with Crippen LogP contribution in [0.4, 0.5) is 5.82 Å². The van der Waals surface area contributed by atoms with Gasteiger partial charge in [-0.15, -0.1) is 10.2 Å². The molecule has 0 amide bonds. The molecule has 1 fully saturated rings. The number of halogens is 1. The van der Waals surface area contributed by atoms with Crippen LogP contribution < -0.4 is 5.32 Å². The number of anilines is 1. The highest BCUT2D eigenvalue weighted by Crippen LogP contribution is 2.20. The Hall–Kier alpha value is -0.870. The molecule has 5 heteroatoms. The second-order valence-electron chi connectivity index (χ2n) is 4.56. The molecular weight excluding hydrogens is 236 g/mol. The molecule has 0 saturated carbocycles. The minimum absolute atomic E-state index is 0.493. The summed E-state index contributed by atoms with van der Waals surface area (Å²) in [5.74, 6) is 0.853. The molecule has 0 aliphatic carbocycles. The Kier molecular flexibility index (Phi) is 4.18. The number of likely N-dealkylation sites (tertiary alicyclic amines) is 1. The SMILES string of the molecule is Cc1c(Cl)nnc(NCCN2CCCC2)c1C. The first-order valence-electron chi connectivity index (χ1n) is 6.14. The van der Waals surface area contributed by atoms with Crippen molar-refractivity contribution in [3.63, 3.8) is 0 Å². The van der Waals surface area contributed by atoms with E-state index in [2.05, 4.69) is 20.4 Å². The zero-order valence-electron chi connectivity index (χ0n) is 10.5. The van der Waals surface area contributed by atoms with E-state index in [1.807, 2.05) is 13.8 Å². The molecule has 1 saturated heterocycles. The molecule has 1 aromatic heterocycles. The zero-order chi connectivity index (χ0) is 12.3. The maximum absolute atomic E-state index is 5.91. The predicted octanol–water partition coefficient (Wildman–Crippen LogP) is 2.25. The van der Waals surface area contributed by atoms with E-state index in [1.165, 1.54) is 25.9 Å². The van der Waals surface area contributed by atoms with Crippen LogP contribution in [0.1, 0.15) is 24.0 Å². The van der Waals surface area contributed by atoms with Gasteiger partial charge < -0.3 is 10.2 Å². The third-order valence-electron chi connectivity index (χ3n) is 3.38. The van der Waals surface area contributed by atoms with Crippen LogP contribution in [0.15, 0.2) is 0 Å². The van der Waals surface area contributed by atoms with Gasteiger partial charge in [0.05, 0.1) is 0 Å². The lowest BCUT2D eigenvalue weighted by molar-refractivity contribution is 0.352. The molecule has 1 aliphatic heterocycles. The van der Waals surface area contributed by atoms with E-state index in [0.717, 1.165) is 30.0 Å². The van der Waals surface area contributed by atoms with Gasteiger partial charge in [0.25, 0.3) is 0 Å². The lowest BCUT2D eigenvalue weighted by Crippen LogP contribution is -2.26. The topological polar surface area (TPSA) is 41.1 Å². The van der Waals surface area contributed by atoms with Crippen molar-refractivity contribution in [1.82, 2.24) is 15.1 Å². The van der Waals surface area contributed by atoms with E-state index < -0.39 is 0 Å². The molecule has 1 aliphatic rings. The van der Waals surface area contributed by atoms with Crippen LogP contribution in [-0.2, 0) is 0 Å². The average Bonchev–Trinajstić information content (AvgIpc) is 2.82. The van der Waals surface area contributed by atoms with Gasteiger partial charge in [-0.25, -0.2) is 0 Å². The smallest absolute Gasteiger partial charge is 0.155 e. The quantitative estimate of drug-likeness (QED) is 0.895. The maximum atomic E-state index is 5.91. The molecule has 94 valence electrons. The predicted molar refractivity (Wildman–Crippen MR) is 70.7 cm³/mol. The van der Waals surface area contributed by atoms with Gasteiger partial charge in [0.1, 0.15) is 0 Å². The van der Waals surface area contributed by atoms with Gasteiger partial charge in [-0.05, 0) is 50.9 Å². The van der Waals surface area contributed by atoms with Crippen LogP contribution >= 0.6 is 11.6 Å².